The summed E-state index contributed by atoms with van der Waals surface area (Å²) in [4.78, 5) is 28.8. The molecule has 3 rings (SSSR count). The summed E-state index contributed by atoms with van der Waals surface area (Å²) in [6, 6.07) is 15.8. The van der Waals surface area contributed by atoms with Gasteiger partial charge >= 0.3 is 0 Å². The summed E-state index contributed by atoms with van der Waals surface area (Å²) in [5.74, 6) is 0.306. The number of carbonyl (C=O) groups is 2. The Morgan fingerprint density at radius 2 is 1.52 bits per heavy atom. The van der Waals surface area contributed by atoms with E-state index in [0.29, 0.717) is 23.6 Å². The molecule has 11 heteroatoms. The minimum atomic E-state index is -4.30. The molecule has 2 atom stereocenters. The third kappa shape index (κ3) is 8.22. The number of benzene rings is 3. The number of anilines is 1. The van der Waals surface area contributed by atoms with Gasteiger partial charge in [0.05, 0.1) is 31.9 Å². The monoisotopic (exact) mass is 625 g/mol. The third-order valence-corrected chi connectivity index (χ3v) is 9.14. The first-order chi connectivity index (χ1) is 20.8. The van der Waals surface area contributed by atoms with Crippen molar-refractivity contribution in [3.8, 4) is 17.2 Å². The molecular formula is C33H43N3O7S. The Labute approximate surface area is 261 Å². The number of amides is 2. The Kier molecular flexibility index (Phi) is 11.6. The van der Waals surface area contributed by atoms with Gasteiger partial charge in [-0.2, -0.15) is 0 Å². The highest BCUT2D eigenvalue weighted by Gasteiger charge is 2.33. The molecule has 0 unspecified atom stereocenters. The van der Waals surface area contributed by atoms with Crippen LogP contribution in [0, 0.1) is 13.8 Å². The molecule has 3 aromatic carbocycles. The number of carbonyl (C=O) groups excluding carboxylic acids is 2. The van der Waals surface area contributed by atoms with Crippen LogP contribution in [0.15, 0.2) is 65.6 Å². The molecule has 238 valence electrons. The molecule has 0 saturated carbocycles. The number of hydrogen-bond acceptors (Lipinski definition) is 7. The molecule has 0 aliphatic heterocycles. The second kappa shape index (κ2) is 15.0. The predicted octanol–water partition coefficient (Wildman–Crippen LogP) is 4.86. The molecule has 0 aliphatic rings. The first-order valence-corrected chi connectivity index (χ1v) is 15.8. The van der Waals surface area contributed by atoms with Crippen LogP contribution in [0.3, 0.4) is 0 Å². The first kappa shape index (κ1) is 34.2. The molecule has 10 nitrogen and oxygen atoms in total. The summed E-state index contributed by atoms with van der Waals surface area (Å²) in [5.41, 5.74) is 2.70. The molecule has 0 spiro atoms. The molecule has 0 saturated heterocycles. The van der Waals surface area contributed by atoms with Crippen LogP contribution < -0.4 is 23.8 Å². The van der Waals surface area contributed by atoms with Crippen molar-refractivity contribution in [2.24, 2.45) is 0 Å². The second-order valence-corrected chi connectivity index (χ2v) is 12.6. The molecule has 0 fully saturated rings. The first-order valence-electron chi connectivity index (χ1n) is 14.4. The molecule has 0 aromatic heterocycles. The maximum atomic E-state index is 14.3. The van der Waals surface area contributed by atoms with Crippen molar-refractivity contribution < 1.29 is 32.2 Å². The number of sulfonamides is 1. The quantitative estimate of drug-likeness (QED) is 0.272. The van der Waals surface area contributed by atoms with Gasteiger partial charge < -0.3 is 24.4 Å². The number of hydrogen-bond donors (Lipinski definition) is 1. The summed E-state index contributed by atoms with van der Waals surface area (Å²) in [6.07, 6.45) is 0.715. The van der Waals surface area contributed by atoms with E-state index >= 15 is 0 Å². The molecule has 0 aliphatic carbocycles. The van der Waals surface area contributed by atoms with Gasteiger partial charge in [0.1, 0.15) is 18.3 Å². The highest BCUT2D eigenvalue weighted by Crippen LogP contribution is 2.33. The Morgan fingerprint density at radius 3 is 2.11 bits per heavy atom. The zero-order chi connectivity index (χ0) is 32.6. The fraction of sp³-hybridized carbons (Fsp3) is 0.394. The average molecular weight is 626 g/mol. The van der Waals surface area contributed by atoms with E-state index in [2.05, 4.69) is 5.32 Å². The van der Waals surface area contributed by atoms with Crippen molar-refractivity contribution >= 4 is 27.5 Å². The Bertz CT molecular complexity index is 1560. The minimum Gasteiger partial charge on any atom is -0.497 e. The van der Waals surface area contributed by atoms with E-state index in [9.17, 15) is 18.0 Å². The number of rotatable bonds is 14. The normalized spacial score (nSPS) is 12.5. The smallest absolute Gasteiger partial charge is 0.264 e. The summed E-state index contributed by atoms with van der Waals surface area (Å²) < 4.78 is 45.6. The third-order valence-electron chi connectivity index (χ3n) is 7.37. The summed E-state index contributed by atoms with van der Waals surface area (Å²) >= 11 is 0. The van der Waals surface area contributed by atoms with Gasteiger partial charge in [0.15, 0.2) is 11.5 Å². The maximum Gasteiger partial charge on any atom is 0.264 e. The van der Waals surface area contributed by atoms with E-state index in [1.54, 1.807) is 44.4 Å². The Morgan fingerprint density at radius 1 is 0.864 bits per heavy atom. The largest absolute Gasteiger partial charge is 0.497 e. The van der Waals surface area contributed by atoms with Crippen LogP contribution in [0.1, 0.15) is 43.9 Å². The van der Waals surface area contributed by atoms with Crippen LogP contribution in [0.2, 0.25) is 0 Å². The molecule has 2 amide bonds. The molecule has 44 heavy (non-hydrogen) atoms. The van der Waals surface area contributed by atoms with Crippen LogP contribution >= 0.6 is 0 Å². The highest BCUT2D eigenvalue weighted by molar-refractivity contribution is 7.92. The van der Waals surface area contributed by atoms with Crippen molar-refractivity contribution in [3.05, 3.63) is 77.4 Å². The zero-order valence-electron chi connectivity index (χ0n) is 26.7. The van der Waals surface area contributed by atoms with E-state index in [1.807, 2.05) is 39.8 Å². The Balaban J connectivity index is 2.11. The lowest BCUT2D eigenvalue weighted by Crippen LogP contribution is -2.52. The van der Waals surface area contributed by atoms with E-state index < -0.39 is 28.5 Å². The maximum absolute atomic E-state index is 14.3. The van der Waals surface area contributed by atoms with Gasteiger partial charge in [0, 0.05) is 18.7 Å². The van der Waals surface area contributed by atoms with Gasteiger partial charge in [-0.1, -0.05) is 25.1 Å². The van der Waals surface area contributed by atoms with Crippen LogP contribution in [0.25, 0.3) is 0 Å². The molecule has 0 bridgehead atoms. The fourth-order valence-corrected chi connectivity index (χ4v) is 6.16. The van der Waals surface area contributed by atoms with E-state index in [1.165, 1.54) is 37.3 Å². The summed E-state index contributed by atoms with van der Waals surface area (Å²) in [7, 11) is 0.129. The van der Waals surface area contributed by atoms with Crippen molar-refractivity contribution in [1.82, 2.24) is 10.2 Å². The van der Waals surface area contributed by atoms with Crippen molar-refractivity contribution in [3.63, 3.8) is 0 Å². The number of aryl methyl sites for hydroxylation is 2. The van der Waals surface area contributed by atoms with Gasteiger partial charge in [-0.05, 0) is 87.2 Å². The Hall–Kier alpha value is -4.25. The van der Waals surface area contributed by atoms with Crippen molar-refractivity contribution in [2.75, 3.05) is 32.2 Å². The average Bonchev–Trinajstić information content (AvgIpc) is 3.00. The molecule has 0 heterocycles. The standard InChI is InChI=1S/C33H43N3O7S/c1-9-24(4)34-33(38)25(5)35(20-26-11-10-12-28(18-26)41-6)32(37)21-36(27-16-22(2)15-23(3)17-27)44(39,40)29-13-14-30(42-7)31(19-29)43-8/h10-19,24-25H,9,20-21H2,1-8H3,(H,34,38)/t24-,25-/m1/s1. The van der Waals surface area contributed by atoms with E-state index in [4.69, 9.17) is 14.2 Å². The zero-order valence-corrected chi connectivity index (χ0v) is 27.5. The van der Waals surface area contributed by atoms with Crippen LogP contribution in [-0.2, 0) is 26.2 Å². The van der Waals surface area contributed by atoms with Gasteiger partial charge in [0.2, 0.25) is 11.8 Å². The number of nitrogens with one attached hydrogen (secondary N) is 1. The SMILES string of the molecule is CC[C@@H](C)NC(=O)[C@@H](C)N(Cc1cccc(OC)c1)C(=O)CN(c1cc(C)cc(C)c1)S(=O)(=O)c1ccc(OC)c(OC)c1. The number of ether oxygens (including phenoxy) is 3. The van der Waals surface area contributed by atoms with E-state index in [0.717, 1.165) is 21.0 Å². The predicted molar refractivity (Wildman–Crippen MR) is 171 cm³/mol. The van der Waals surface area contributed by atoms with Gasteiger partial charge in [-0.15, -0.1) is 0 Å². The highest BCUT2D eigenvalue weighted by atomic mass is 32.2. The van der Waals surface area contributed by atoms with Gasteiger partial charge in [0.25, 0.3) is 10.0 Å². The van der Waals surface area contributed by atoms with Crippen LogP contribution in [0.5, 0.6) is 17.2 Å². The lowest BCUT2D eigenvalue weighted by molar-refractivity contribution is -0.139. The molecule has 3 aromatic rings. The van der Waals surface area contributed by atoms with Gasteiger partial charge in [-0.3, -0.25) is 13.9 Å². The molecular weight excluding hydrogens is 582 g/mol. The second-order valence-electron chi connectivity index (χ2n) is 10.7. The van der Waals surface area contributed by atoms with Crippen LogP contribution in [-0.4, -0.2) is 65.1 Å². The fourth-order valence-electron chi connectivity index (χ4n) is 4.74. The van der Waals surface area contributed by atoms with Crippen LogP contribution in [0.4, 0.5) is 5.69 Å². The number of methoxy groups -OCH3 is 3. The minimum absolute atomic E-state index is 0.0578. The van der Waals surface area contributed by atoms with Crippen molar-refractivity contribution in [1.29, 1.82) is 0 Å². The molecule has 1 N–H and O–H groups in total. The summed E-state index contributed by atoms with van der Waals surface area (Å²) in [5, 5.41) is 2.94. The van der Waals surface area contributed by atoms with E-state index in [-0.39, 0.29) is 29.1 Å². The summed E-state index contributed by atoms with van der Waals surface area (Å²) in [6.45, 7) is 8.70. The van der Waals surface area contributed by atoms with Crippen molar-refractivity contribution in [2.45, 2.75) is 64.6 Å². The lowest BCUT2D eigenvalue weighted by Gasteiger charge is -2.32. The number of nitrogens with zero attached hydrogens (tertiary/aromatic N) is 2. The molecule has 0 radical (unpaired) electrons. The lowest BCUT2D eigenvalue weighted by atomic mass is 10.1. The van der Waals surface area contributed by atoms with Gasteiger partial charge in [-0.25, -0.2) is 8.42 Å². The topological polar surface area (TPSA) is 114 Å².